The molecule has 9 nitrogen and oxygen atoms in total. The minimum atomic E-state index is -1.89. The highest BCUT2D eigenvalue weighted by Crippen LogP contribution is 2.25. The van der Waals surface area contributed by atoms with Crippen molar-refractivity contribution in [1.29, 1.82) is 5.26 Å². The van der Waals surface area contributed by atoms with Gasteiger partial charge >= 0.3 is 0 Å². The van der Waals surface area contributed by atoms with E-state index in [1.807, 2.05) is 25.3 Å². The van der Waals surface area contributed by atoms with Gasteiger partial charge in [-0.05, 0) is 43.2 Å². The van der Waals surface area contributed by atoms with Crippen molar-refractivity contribution in [3.05, 3.63) is 63.3 Å². The third-order valence-corrected chi connectivity index (χ3v) is 6.18. The van der Waals surface area contributed by atoms with Crippen LogP contribution in [0.15, 0.2) is 35.3 Å². The van der Waals surface area contributed by atoms with Gasteiger partial charge in [-0.1, -0.05) is 12.2 Å². The number of carbonyl (C=O) groups is 1. The van der Waals surface area contributed by atoms with Gasteiger partial charge in [0.15, 0.2) is 5.69 Å². The summed E-state index contributed by atoms with van der Waals surface area (Å²) in [5, 5.41) is 10.0. The molecule has 4 rings (SSSR count). The van der Waals surface area contributed by atoms with E-state index in [0.29, 0.717) is 25.2 Å². The Kier molecular flexibility index (Phi) is 7.22. The first-order valence-corrected chi connectivity index (χ1v) is 11.7. The molecular formula is C24H24B3N7O2. The molecule has 0 aliphatic carbocycles. The van der Waals surface area contributed by atoms with E-state index in [-0.39, 0.29) is 23.0 Å². The lowest BCUT2D eigenvalue weighted by Gasteiger charge is -2.41. The maximum Gasteiger partial charge on any atom is 0.268 e. The Morgan fingerprint density at radius 2 is 2.08 bits per heavy atom. The van der Waals surface area contributed by atoms with Crippen LogP contribution in [-0.2, 0) is 13.0 Å². The number of fused-ring (bicyclic) bond motifs is 1. The fourth-order valence-corrected chi connectivity index (χ4v) is 4.46. The maximum absolute atomic E-state index is 12.3. The summed E-state index contributed by atoms with van der Waals surface area (Å²) in [7, 11) is 16.3. The molecule has 6 radical (unpaired) electrons. The van der Waals surface area contributed by atoms with Crippen molar-refractivity contribution < 1.29 is 4.79 Å². The number of aromatic nitrogens is 3. The number of nitriles is 1. The Bertz CT molecular complexity index is 1400. The third-order valence-electron chi connectivity index (χ3n) is 6.18. The monoisotopic (exact) mass is 475 g/mol. The number of nitrogens with one attached hydrogen (secondary N) is 2. The number of aromatic amines is 1. The SMILES string of the molecule is [B]C([B])([B])NC(=O)c1ccc(N2CCN(Cc3cnc4cc(CC)c(=O)[nH]c4c3)C[C@H]2C)c(C#N)n1. The third kappa shape index (κ3) is 5.63. The Labute approximate surface area is 213 Å². The molecule has 1 aliphatic heterocycles. The molecule has 0 spiro atoms. The molecule has 12 heteroatoms. The number of aryl methyl sites for hydroxylation is 1. The Morgan fingerprint density at radius 3 is 2.75 bits per heavy atom. The molecule has 0 bridgehead atoms. The summed E-state index contributed by atoms with van der Waals surface area (Å²) in [6.07, 6.45) is 2.50. The standard InChI is InChI=1S/C24H24B3N7O2/c1-3-16-9-18-19(31-22(16)35)8-15(11-29-18)13-33-6-7-34(14(2)12-33)21-5-4-17(30-20(21)10-28)23(36)32-24(25,26)27/h4-5,8-9,11,14H,3,6-7,12-13H2,1-2H3,(H,31,35)(H,32,36)/t14-/m1/s1. The van der Waals surface area contributed by atoms with Crippen molar-refractivity contribution in [2.75, 3.05) is 24.5 Å². The largest absolute Gasteiger partial charge is 0.371 e. The summed E-state index contributed by atoms with van der Waals surface area (Å²) in [5.74, 6) is -0.667. The van der Waals surface area contributed by atoms with Crippen molar-refractivity contribution in [1.82, 2.24) is 25.2 Å². The van der Waals surface area contributed by atoms with Crippen LogP contribution < -0.4 is 15.8 Å². The second-order valence-corrected chi connectivity index (χ2v) is 9.09. The number of pyridine rings is 3. The minimum Gasteiger partial charge on any atom is -0.371 e. The van der Waals surface area contributed by atoms with Crippen LogP contribution in [0.5, 0.6) is 0 Å². The van der Waals surface area contributed by atoms with Crippen molar-refractivity contribution in [3.8, 4) is 6.07 Å². The van der Waals surface area contributed by atoms with Crippen molar-refractivity contribution in [3.63, 3.8) is 0 Å². The number of rotatable bonds is 6. The summed E-state index contributed by atoms with van der Waals surface area (Å²) in [5.41, 5.74) is 3.94. The normalized spacial score (nSPS) is 16.6. The van der Waals surface area contributed by atoms with Crippen LogP contribution >= 0.6 is 0 Å². The number of nitrogens with zero attached hydrogens (tertiary/aromatic N) is 5. The zero-order chi connectivity index (χ0) is 26.0. The number of piperazine rings is 1. The summed E-state index contributed by atoms with van der Waals surface area (Å²) >= 11 is 0. The molecule has 3 aromatic rings. The van der Waals surface area contributed by atoms with Gasteiger partial charge in [0.2, 0.25) is 0 Å². The van der Waals surface area contributed by atoms with Crippen LogP contribution in [-0.4, -0.2) is 80.2 Å². The van der Waals surface area contributed by atoms with Crippen LogP contribution in [0.3, 0.4) is 0 Å². The first-order chi connectivity index (χ1) is 17.1. The molecule has 3 aromatic heterocycles. The van der Waals surface area contributed by atoms with Gasteiger partial charge in [0.05, 0.1) is 40.3 Å². The van der Waals surface area contributed by atoms with Crippen LogP contribution in [0.4, 0.5) is 5.69 Å². The molecule has 4 heterocycles. The van der Waals surface area contributed by atoms with Crippen LogP contribution in [0.25, 0.3) is 11.0 Å². The van der Waals surface area contributed by atoms with Crippen molar-refractivity contribution >= 4 is 46.2 Å². The molecule has 1 atom stereocenters. The quantitative estimate of drug-likeness (QED) is 0.493. The molecule has 176 valence electrons. The van der Waals surface area contributed by atoms with Gasteiger partial charge in [0, 0.05) is 44.0 Å². The Balaban J connectivity index is 1.46. The average Bonchev–Trinajstić information content (AvgIpc) is 2.82. The van der Waals surface area contributed by atoms with E-state index in [2.05, 4.69) is 43.1 Å². The summed E-state index contributed by atoms with van der Waals surface area (Å²) in [6, 6.07) is 9.18. The van der Waals surface area contributed by atoms with Gasteiger partial charge in [0.1, 0.15) is 11.8 Å². The molecule has 1 saturated heterocycles. The van der Waals surface area contributed by atoms with E-state index in [1.165, 1.54) is 6.07 Å². The molecule has 0 aromatic carbocycles. The Morgan fingerprint density at radius 1 is 1.31 bits per heavy atom. The summed E-state index contributed by atoms with van der Waals surface area (Å²) in [6.45, 7) is 6.85. The van der Waals surface area contributed by atoms with E-state index in [4.69, 9.17) is 23.5 Å². The van der Waals surface area contributed by atoms with E-state index < -0.39 is 11.1 Å². The van der Waals surface area contributed by atoms with Gasteiger partial charge in [0.25, 0.3) is 11.5 Å². The van der Waals surface area contributed by atoms with E-state index in [9.17, 15) is 14.9 Å². The van der Waals surface area contributed by atoms with Crippen molar-refractivity contribution in [2.45, 2.75) is 38.1 Å². The van der Waals surface area contributed by atoms with Gasteiger partial charge < -0.3 is 15.2 Å². The van der Waals surface area contributed by atoms with Crippen LogP contribution in [0.1, 0.15) is 41.2 Å². The maximum atomic E-state index is 12.3. The molecule has 1 aliphatic rings. The average molecular weight is 475 g/mol. The highest BCUT2D eigenvalue weighted by molar-refractivity contribution is 6.60. The van der Waals surface area contributed by atoms with Gasteiger partial charge in [-0.3, -0.25) is 19.5 Å². The van der Waals surface area contributed by atoms with Crippen LogP contribution in [0.2, 0.25) is 0 Å². The lowest BCUT2D eigenvalue weighted by molar-refractivity contribution is 0.0947. The predicted octanol–water partition coefficient (Wildman–Crippen LogP) is 0.309. The van der Waals surface area contributed by atoms with Crippen molar-refractivity contribution in [2.24, 2.45) is 0 Å². The van der Waals surface area contributed by atoms with E-state index in [0.717, 1.165) is 35.2 Å². The number of hydrogen-bond acceptors (Lipinski definition) is 7. The van der Waals surface area contributed by atoms with E-state index >= 15 is 0 Å². The van der Waals surface area contributed by atoms with Gasteiger partial charge in [-0.25, -0.2) is 4.98 Å². The molecule has 36 heavy (non-hydrogen) atoms. The lowest BCUT2D eigenvalue weighted by Crippen LogP contribution is -2.52. The smallest absolute Gasteiger partial charge is 0.268 e. The number of hydrogen-bond donors (Lipinski definition) is 2. The summed E-state index contributed by atoms with van der Waals surface area (Å²) < 4.78 is 0. The fraction of sp³-hybridized carbons (Fsp3) is 0.375. The van der Waals surface area contributed by atoms with E-state index in [1.54, 1.807) is 6.07 Å². The highest BCUT2D eigenvalue weighted by Gasteiger charge is 2.27. The first kappa shape index (κ1) is 25.5. The lowest BCUT2D eigenvalue weighted by atomic mass is 9.49. The van der Waals surface area contributed by atoms with Gasteiger partial charge in [-0.15, -0.1) is 0 Å². The van der Waals surface area contributed by atoms with Gasteiger partial charge in [-0.2, -0.15) is 5.26 Å². The molecule has 1 amide bonds. The fourth-order valence-electron chi connectivity index (χ4n) is 4.46. The minimum absolute atomic E-state index is 0.000201. The molecule has 0 unspecified atom stereocenters. The Hall–Kier alpha value is -3.58. The number of anilines is 1. The number of amides is 1. The molecule has 2 N–H and O–H groups in total. The second-order valence-electron chi connectivity index (χ2n) is 9.09. The molecule has 0 saturated carbocycles. The number of H-pyrrole nitrogens is 1. The highest BCUT2D eigenvalue weighted by atomic mass is 16.2. The second kappa shape index (κ2) is 10.2. The predicted molar refractivity (Wildman–Crippen MR) is 140 cm³/mol. The molecule has 1 fully saturated rings. The first-order valence-electron chi connectivity index (χ1n) is 11.7. The zero-order valence-corrected chi connectivity index (χ0v) is 20.3. The molecular weight excluding hydrogens is 451 g/mol. The zero-order valence-electron chi connectivity index (χ0n) is 20.3. The van der Waals surface area contributed by atoms with Crippen LogP contribution in [0, 0.1) is 11.3 Å². The topological polar surface area (TPSA) is 118 Å². The number of carbonyl (C=O) groups excluding carboxylic acids is 1. The summed E-state index contributed by atoms with van der Waals surface area (Å²) in [4.78, 5) is 40.5.